The van der Waals surface area contributed by atoms with Crippen molar-refractivity contribution in [3.63, 3.8) is 0 Å². The molecule has 0 fully saturated rings. The van der Waals surface area contributed by atoms with Crippen molar-refractivity contribution in [3.8, 4) is 17.2 Å². The average Bonchev–Trinajstić information content (AvgIpc) is 3.45. The van der Waals surface area contributed by atoms with E-state index in [-0.39, 0.29) is 16.8 Å². The Morgan fingerprint density at radius 1 is 1.03 bits per heavy atom. The van der Waals surface area contributed by atoms with Gasteiger partial charge in [0.05, 0.1) is 38.3 Å². The molecule has 1 amide bonds. The van der Waals surface area contributed by atoms with Crippen molar-refractivity contribution in [3.05, 3.63) is 68.5 Å². The van der Waals surface area contributed by atoms with Crippen molar-refractivity contribution in [2.75, 3.05) is 26.2 Å². The summed E-state index contributed by atoms with van der Waals surface area (Å²) >= 11 is 1.29. The number of hydrogen-bond acceptors (Lipinski definition) is 9. The van der Waals surface area contributed by atoms with E-state index in [0.717, 1.165) is 5.01 Å². The van der Waals surface area contributed by atoms with Crippen molar-refractivity contribution in [2.24, 2.45) is 0 Å². The minimum Gasteiger partial charge on any atom is -0.493 e. The van der Waals surface area contributed by atoms with Crippen molar-refractivity contribution in [2.45, 2.75) is 19.4 Å². The molecule has 10 heteroatoms. The number of nitrogens with zero attached hydrogens (tertiary/aromatic N) is 3. The molecule has 0 spiro atoms. The largest absolute Gasteiger partial charge is 0.493 e. The summed E-state index contributed by atoms with van der Waals surface area (Å²) in [5, 5.41) is 9.94. The fraction of sp³-hybridized carbons (Fsp3) is 0.250. The Kier molecular flexibility index (Phi) is 5.45. The third-order valence-electron chi connectivity index (χ3n) is 5.75. The number of para-hydroxylation sites is 1. The molecule has 0 bridgehead atoms. The molecule has 1 aliphatic heterocycles. The number of carbonyl (C=O) groups excluding carboxylic acids is 1. The minimum absolute atomic E-state index is 0.0179. The number of anilines is 1. The first kappa shape index (κ1) is 21.9. The number of rotatable bonds is 6. The van der Waals surface area contributed by atoms with Crippen molar-refractivity contribution in [1.82, 2.24) is 10.2 Å². The first-order valence-electron chi connectivity index (χ1n) is 10.5. The van der Waals surface area contributed by atoms with Crippen LogP contribution in [0.1, 0.15) is 39.7 Å². The molecule has 1 aliphatic rings. The Morgan fingerprint density at radius 2 is 1.74 bits per heavy atom. The lowest BCUT2D eigenvalue weighted by Crippen LogP contribution is -2.29. The molecular formula is C24H21N3O6S. The fourth-order valence-corrected chi connectivity index (χ4v) is 4.98. The van der Waals surface area contributed by atoms with Gasteiger partial charge in [-0.3, -0.25) is 14.5 Å². The summed E-state index contributed by atoms with van der Waals surface area (Å²) in [6.07, 6.45) is 0.669. The monoisotopic (exact) mass is 479 g/mol. The van der Waals surface area contributed by atoms with Crippen molar-refractivity contribution < 1.29 is 23.4 Å². The predicted molar refractivity (Wildman–Crippen MR) is 127 cm³/mol. The van der Waals surface area contributed by atoms with Crippen LogP contribution in [0.15, 0.2) is 45.6 Å². The van der Waals surface area contributed by atoms with Gasteiger partial charge in [-0.25, -0.2) is 0 Å². The van der Waals surface area contributed by atoms with Crippen molar-refractivity contribution in [1.29, 1.82) is 0 Å². The molecule has 1 atom stereocenters. The summed E-state index contributed by atoms with van der Waals surface area (Å²) in [5.41, 5.74) is 0.868. The number of hydrogen-bond donors (Lipinski definition) is 0. The van der Waals surface area contributed by atoms with Crippen LogP contribution in [-0.4, -0.2) is 37.4 Å². The molecule has 0 saturated carbocycles. The molecule has 3 heterocycles. The minimum atomic E-state index is -0.824. The zero-order valence-electron chi connectivity index (χ0n) is 18.9. The van der Waals surface area contributed by atoms with E-state index in [0.29, 0.717) is 45.3 Å². The Hall–Kier alpha value is -3.92. The molecule has 0 aliphatic carbocycles. The fourth-order valence-electron chi connectivity index (χ4n) is 4.18. The van der Waals surface area contributed by atoms with Crippen LogP contribution in [0.25, 0.3) is 11.0 Å². The maximum Gasteiger partial charge on any atom is 0.297 e. The van der Waals surface area contributed by atoms with E-state index in [1.165, 1.54) is 37.6 Å². The maximum atomic E-state index is 13.7. The van der Waals surface area contributed by atoms with Gasteiger partial charge in [0.1, 0.15) is 10.6 Å². The van der Waals surface area contributed by atoms with E-state index in [2.05, 4.69) is 10.2 Å². The highest BCUT2D eigenvalue weighted by Crippen LogP contribution is 2.46. The number of ether oxygens (including phenoxy) is 3. The van der Waals surface area contributed by atoms with E-state index in [9.17, 15) is 9.59 Å². The van der Waals surface area contributed by atoms with Crippen LogP contribution in [0, 0.1) is 0 Å². The van der Waals surface area contributed by atoms with Gasteiger partial charge in [-0.05, 0) is 36.2 Å². The van der Waals surface area contributed by atoms with Crippen LogP contribution in [0.3, 0.4) is 0 Å². The molecule has 174 valence electrons. The Balaban J connectivity index is 1.82. The van der Waals surface area contributed by atoms with Crippen LogP contribution in [0.4, 0.5) is 5.13 Å². The summed E-state index contributed by atoms with van der Waals surface area (Å²) in [7, 11) is 4.52. The van der Waals surface area contributed by atoms with Gasteiger partial charge in [-0.1, -0.05) is 30.4 Å². The first-order chi connectivity index (χ1) is 16.5. The van der Waals surface area contributed by atoms with E-state index >= 15 is 0 Å². The lowest BCUT2D eigenvalue weighted by molar-refractivity contribution is 0.0970. The van der Waals surface area contributed by atoms with Gasteiger partial charge in [-0.2, -0.15) is 0 Å². The number of aromatic nitrogens is 2. The third-order valence-corrected chi connectivity index (χ3v) is 6.81. The second-order valence-electron chi connectivity index (χ2n) is 7.54. The molecule has 9 nitrogen and oxygen atoms in total. The van der Waals surface area contributed by atoms with Crippen molar-refractivity contribution >= 4 is 33.3 Å². The smallest absolute Gasteiger partial charge is 0.297 e. The Morgan fingerprint density at radius 3 is 2.35 bits per heavy atom. The predicted octanol–water partition coefficient (Wildman–Crippen LogP) is 3.98. The molecular weight excluding hydrogens is 458 g/mol. The zero-order chi connectivity index (χ0) is 24.0. The molecule has 5 rings (SSSR count). The number of carbonyl (C=O) groups is 1. The van der Waals surface area contributed by atoms with Gasteiger partial charge in [0.2, 0.25) is 16.6 Å². The van der Waals surface area contributed by atoms with Gasteiger partial charge in [0.15, 0.2) is 16.9 Å². The quantitative estimate of drug-likeness (QED) is 0.409. The lowest BCUT2D eigenvalue weighted by Gasteiger charge is -2.24. The maximum absolute atomic E-state index is 13.7. The molecule has 2 aromatic carbocycles. The van der Waals surface area contributed by atoms with Gasteiger partial charge >= 0.3 is 0 Å². The highest BCUT2D eigenvalue weighted by atomic mass is 32.1. The second-order valence-corrected chi connectivity index (χ2v) is 8.58. The molecule has 2 aromatic heterocycles. The molecule has 0 N–H and O–H groups in total. The highest BCUT2D eigenvalue weighted by molar-refractivity contribution is 7.15. The number of methoxy groups -OCH3 is 3. The lowest BCUT2D eigenvalue weighted by atomic mass is 9.98. The van der Waals surface area contributed by atoms with Crippen LogP contribution in [0.2, 0.25) is 0 Å². The normalized spacial score (nSPS) is 15.0. The topological polar surface area (TPSA) is 104 Å². The molecule has 34 heavy (non-hydrogen) atoms. The number of amides is 1. The van der Waals surface area contributed by atoms with Gasteiger partial charge in [0, 0.05) is 0 Å². The summed E-state index contributed by atoms with van der Waals surface area (Å²) in [4.78, 5) is 28.8. The highest BCUT2D eigenvalue weighted by Gasteiger charge is 2.45. The van der Waals surface area contributed by atoms with E-state index in [1.54, 1.807) is 36.4 Å². The molecule has 1 unspecified atom stereocenters. The number of fused-ring (bicyclic) bond motifs is 2. The standard InChI is InChI=1S/C24H21N3O6S/c1-5-17-25-26-24(34-17)27-19(12-10-15(30-2)21(32-4)16(11-12)31-3)18-20(28)13-8-6-7-9-14(13)33-22(18)23(27)29/h6-11,19H,5H2,1-4H3. The summed E-state index contributed by atoms with van der Waals surface area (Å²) in [5.74, 6) is 0.717. The Labute approximate surface area is 198 Å². The van der Waals surface area contributed by atoms with Crippen LogP contribution in [0.5, 0.6) is 17.2 Å². The molecule has 0 saturated heterocycles. The third kappa shape index (κ3) is 3.21. The summed E-state index contributed by atoms with van der Waals surface area (Å²) < 4.78 is 22.5. The van der Waals surface area contributed by atoms with E-state index in [1.807, 2.05) is 6.92 Å². The second kappa shape index (κ2) is 8.45. The van der Waals surface area contributed by atoms with E-state index < -0.39 is 11.9 Å². The van der Waals surface area contributed by atoms with Gasteiger partial charge < -0.3 is 18.6 Å². The van der Waals surface area contributed by atoms with Gasteiger partial charge in [0.25, 0.3) is 5.91 Å². The zero-order valence-corrected chi connectivity index (χ0v) is 19.8. The Bertz CT molecular complexity index is 1450. The van der Waals surface area contributed by atoms with Crippen LogP contribution < -0.4 is 24.5 Å². The van der Waals surface area contributed by atoms with Crippen LogP contribution >= 0.6 is 11.3 Å². The average molecular weight is 480 g/mol. The van der Waals surface area contributed by atoms with Crippen LogP contribution in [-0.2, 0) is 6.42 Å². The van der Waals surface area contributed by atoms with E-state index in [4.69, 9.17) is 18.6 Å². The molecule has 0 radical (unpaired) electrons. The summed E-state index contributed by atoms with van der Waals surface area (Å²) in [6, 6.07) is 9.48. The number of benzene rings is 2. The SMILES string of the molecule is CCc1nnc(N2C(=O)c3oc4ccccc4c(=O)c3C2c2cc(OC)c(OC)c(OC)c2)s1. The molecule has 4 aromatic rings. The first-order valence-corrected chi connectivity index (χ1v) is 11.4. The number of aryl methyl sites for hydroxylation is 1. The van der Waals surface area contributed by atoms with Gasteiger partial charge in [-0.15, -0.1) is 10.2 Å². The summed E-state index contributed by atoms with van der Waals surface area (Å²) in [6.45, 7) is 1.96.